The van der Waals surface area contributed by atoms with Crippen LogP contribution in [0.2, 0.25) is 10.0 Å². The van der Waals surface area contributed by atoms with Gasteiger partial charge >= 0.3 is 0 Å². The molecule has 2 rings (SSSR count). The summed E-state index contributed by atoms with van der Waals surface area (Å²) in [4.78, 5) is 8.70. The molecule has 0 amide bonds. The first kappa shape index (κ1) is 12.8. The molecule has 0 N–H and O–H groups in total. The molecule has 0 saturated carbocycles. The summed E-state index contributed by atoms with van der Waals surface area (Å²) in [5, 5.41) is 1.26. The lowest BCUT2D eigenvalue weighted by molar-refractivity contribution is 0.932. The van der Waals surface area contributed by atoms with E-state index in [1.165, 1.54) is 0 Å². The fourth-order valence-electron chi connectivity index (χ4n) is 1.45. The summed E-state index contributed by atoms with van der Waals surface area (Å²) in [7, 11) is 0. The third-order valence-corrected chi connectivity index (χ3v) is 3.23. The Hall–Kier alpha value is -0.640. The van der Waals surface area contributed by atoms with Gasteiger partial charge in [-0.2, -0.15) is 0 Å². The van der Waals surface area contributed by atoms with Gasteiger partial charge in [0.15, 0.2) is 0 Å². The van der Waals surface area contributed by atoms with Crippen LogP contribution in [0.5, 0.6) is 0 Å². The highest BCUT2D eigenvalue weighted by molar-refractivity contribution is 9.10. The van der Waals surface area contributed by atoms with Crippen LogP contribution in [0.25, 0.3) is 11.3 Å². The van der Waals surface area contributed by atoms with Gasteiger partial charge in [0.2, 0.25) is 0 Å². The molecule has 88 valence electrons. The molecule has 5 heteroatoms. The molecular formula is C12H9BrCl2N2. The lowest BCUT2D eigenvalue weighted by Crippen LogP contribution is -1.96. The maximum absolute atomic E-state index is 6.14. The van der Waals surface area contributed by atoms with Crippen molar-refractivity contribution in [2.45, 2.75) is 13.3 Å². The zero-order chi connectivity index (χ0) is 12.4. The number of rotatable bonds is 2. The Balaban J connectivity index is 2.59. The van der Waals surface area contributed by atoms with E-state index in [1.807, 2.05) is 13.0 Å². The number of halogens is 3. The lowest BCUT2D eigenvalue weighted by Gasteiger charge is -2.06. The largest absolute Gasteiger partial charge is 0.233 e. The number of benzene rings is 1. The van der Waals surface area contributed by atoms with Gasteiger partial charge in [0.25, 0.3) is 0 Å². The standard InChI is InChI=1S/C12H9BrCl2N2/c1-2-12-16-10(6-11(13)17-12)8-5-7(14)3-4-9(8)15/h3-6H,2H2,1H3. The van der Waals surface area contributed by atoms with Crippen LogP contribution in [0.1, 0.15) is 12.7 Å². The maximum atomic E-state index is 6.14. The van der Waals surface area contributed by atoms with E-state index in [1.54, 1.807) is 18.2 Å². The summed E-state index contributed by atoms with van der Waals surface area (Å²) < 4.78 is 0.746. The molecule has 1 heterocycles. The van der Waals surface area contributed by atoms with Gasteiger partial charge < -0.3 is 0 Å². The molecule has 2 aromatic rings. The smallest absolute Gasteiger partial charge is 0.130 e. The van der Waals surface area contributed by atoms with Gasteiger partial charge in [0.1, 0.15) is 10.4 Å². The molecule has 0 radical (unpaired) electrons. The molecule has 0 unspecified atom stereocenters. The molecule has 0 aliphatic heterocycles. The van der Waals surface area contributed by atoms with Crippen LogP contribution in [0.15, 0.2) is 28.9 Å². The van der Waals surface area contributed by atoms with Crippen molar-refractivity contribution in [1.82, 2.24) is 9.97 Å². The fourth-order valence-corrected chi connectivity index (χ4v) is 2.26. The second-order valence-electron chi connectivity index (χ2n) is 3.47. The minimum Gasteiger partial charge on any atom is -0.233 e. The Morgan fingerprint density at radius 1 is 1.18 bits per heavy atom. The van der Waals surface area contributed by atoms with Crippen molar-refractivity contribution in [2.24, 2.45) is 0 Å². The average Bonchev–Trinajstić information content (AvgIpc) is 2.31. The van der Waals surface area contributed by atoms with Crippen molar-refractivity contribution < 1.29 is 0 Å². The minimum atomic E-state index is 0.627. The molecule has 0 fully saturated rings. The van der Waals surface area contributed by atoms with E-state index in [0.29, 0.717) is 10.0 Å². The monoisotopic (exact) mass is 330 g/mol. The van der Waals surface area contributed by atoms with Crippen LogP contribution < -0.4 is 0 Å². The van der Waals surface area contributed by atoms with Crippen LogP contribution in [-0.2, 0) is 6.42 Å². The summed E-state index contributed by atoms with van der Waals surface area (Å²) in [6.45, 7) is 2.01. The predicted molar refractivity (Wildman–Crippen MR) is 74.6 cm³/mol. The van der Waals surface area contributed by atoms with Crippen molar-refractivity contribution in [2.75, 3.05) is 0 Å². The van der Waals surface area contributed by atoms with Crippen molar-refractivity contribution in [3.8, 4) is 11.3 Å². The maximum Gasteiger partial charge on any atom is 0.130 e. The number of nitrogens with zero attached hydrogens (tertiary/aromatic N) is 2. The molecule has 0 saturated heterocycles. The normalized spacial score (nSPS) is 10.6. The summed E-state index contributed by atoms with van der Waals surface area (Å²) in [5.74, 6) is 0.769. The molecule has 0 bridgehead atoms. The Labute approximate surface area is 118 Å². The SMILES string of the molecule is CCc1nc(Br)cc(-c2cc(Cl)ccc2Cl)n1. The molecule has 1 aromatic carbocycles. The zero-order valence-corrected chi connectivity index (χ0v) is 12.1. The molecule has 1 aromatic heterocycles. The fraction of sp³-hybridized carbons (Fsp3) is 0.167. The molecule has 17 heavy (non-hydrogen) atoms. The Bertz CT molecular complexity index is 558. The van der Waals surface area contributed by atoms with Crippen LogP contribution >= 0.6 is 39.1 Å². The van der Waals surface area contributed by atoms with Gasteiger partial charge in [-0.25, -0.2) is 9.97 Å². The van der Waals surface area contributed by atoms with Gasteiger partial charge in [-0.05, 0) is 40.2 Å². The van der Waals surface area contributed by atoms with Gasteiger partial charge in [0.05, 0.1) is 10.7 Å². The molecule has 0 atom stereocenters. The lowest BCUT2D eigenvalue weighted by atomic mass is 10.1. The molecule has 0 aliphatic rings. The van der Waals surface area contributed by atoms with Gasteiger partial charge in [0, 0.05) is 17.0 Å². The number of aromatic nitrogens is 2. The second-order valence-corrected chi connectivity index (χ2v) is 5.13. The van der Waals surface area contributed by atoms with Gasteiger partial charge in [-0.3, -0.25) is 0 Å². The van der Waals surface area contributed by atoms with Crippen LogP contribution in [0, 0.1) is 0 Å². The highest BCUT2D eigenvalue weighted by atomic mass is 79.9. The van der Waals surface area contributed by atoms with Crippen molar-refractivity contribution in [1.29, 1.82) is 0 Å². The van der Waals surface area contributed by atoms with Gasteiger partial charge in [-0.15, -0.1) is 0 Å². The summed E-state index contributed by atoms with van der Waals surface area (Å²) in [6, 6.07) is 7.15. The predicted octanol–water partition coefficient (Wildman–Crippen LogP) is 4.78. The minimum absolute atomic E-state index is 0.627. The summed E-state index contributed by atoms with van der Waals surface area (Å²) in [6.07, 6.45) is 0.768. The van der Waals surface area contributed by atoms with E-state index in [0.717, 1.165) is 28.1 Å². The zero-order valence-electron chi connectivity index (χ0n) is 9.04. The number of hydrogen-bond acceptors (Lipinski definition) is 2. The first-order valence-corrected chi connectivity index (χ1v) is 6.64. The Kier molecular flexibility index (Phi) is 4.02. The molecule has 0 spiro atoms. The first-order valence-electron chi connectivity index (χ1n) is 5.09. The third kappa shape index (κ3) is 2.97. The van der Waals surface area contributed by atoms with E-state index in [-0.39, 0.29) is 0 Å². The van der Waals surface area contributed by atoms with E-state index in [2.05, 4.69) is 25.9 Å². The molecular weight excluding hydrogens is 323 g/mol. The number of aryl methyl sites for hydroxylation is 1. The van der Waals surface area contributed by atoms with Crippen molar-refractivity contribution in [3.05, 3.63) is 44.7 Å². The number of hydrogen-bond donors (Lipinski definition) is 0. The topological polar surface area (TPSA) is 25.8 Å². The van der Waals surface area contributed by atoms with E-state index in [4.69, 9.17) is 23.2 Å². The van der Waals surface area contributed by atoms with Gasteiger partial charge in [-0.1, -0.05) is 30.1 Å². The van der Waals surface area contributed by atoms with Crippen LogP contribution in [0.3, 0.4) is 0 Å². The Morgan fingerprint density at radius 2 is 1.94 bits per heavy atom. The van der Waals surface area contributed by atoms with Crippen molar-refractivity contribution in [3.63, 3.8) is 0 Å². The van der Waals surface area contributed by atoms with E-state index < -0.39 is 0 Å². The molecule has 0 aliphatic carbocycles. The van der Waals surface area contributed by atoms with Crippen LogP contribution in [0.4, 0.5) is 0 Å². The summed E-state index contributed by atoms with van der Waals surface area (Å²) in [5.41, 5.74) is 1.59. The highest BCUT2D eigenvalue weighted by Gasteiger charge is 2.08. The van der Waals surface area contributed by atoms with Crippen molar-refractivity contribution >= 4 is 39.1 Å². The first-order chi connectivity index (χ1) is 8.10. The average molecular weight is 332 g/mol. The highest BCUT2D eigenvalue weighted by Crippen LogP contribution is 2.30. The third-order valence-electron chi connectivity index (χ3n) is 2.26. The second kappa shape index (κ2) is 5.34. The van der Waals surface area contributed by atoms with E-state index >= 15 is 0 Å². The quantitative estimate of drug-likeness (QED) is 0.740. The van der Waals surface area contributed by atoms with E-state index in [9.17, 15) is 0 Å². The molecule has 2 nitrogen and oxygen atoms in total. The summed E-state index contributed by atoms with van der Waals surface area (Å²) >= 11 is 15.5. The Morgan fingerprint density at radius 3 is 2.65 bits per heavy atom. The van der Waals surface area contributed by atoms with Crippen LogP contribution in [-0.4, -0.2) is 9.97 Å².